The van der Waals surface area contributed by atoms with Gasteiger partial charge < -0.3 is 10.2 Å². The number of rotatable bonds is 2. The standard InChI is InChI=1S/C8H10N2O/c1-3-7(9)4-8-6(2)10-5-11-8/h3-5H,1,9H2,2H3/b7-4+. The Morgan fingerprint density at radius 3 is 3.00 bits per heavy atom. The van der Waals surface area contributed by atoms with Gasteiger partial charge in [0, 0.05) is 11.8 Å². The molecule has 0 fully saturated rings. The average Bonchev–Trinajstić information content (AvgIpc) is 2.37. The minimum atomic E-state index is 0.574. The van der Waals surface area contributed by atoms with E-state index in [-0.39, 0.29) is 0 Å². The van der Waals surface area contributed by atoms with Crippen molar-refractivity contribution in [2.45, 2.75) is 6.92 Å². The number of allylic oxidation sites excluding steroid dienone is 1. The highest BCUT2D eigenvalue weighted by atomic mass is 16.3. The number of hydrogen-bond donors (Lipinski definition) is 1. The van der Waals surface area contributed by atoms with Crippen LogP contribution in [-0.4, -0.2) is 4.98 Å². The quantitative estimate of drug-likeness (QED) is 0.649. The third-order valence-corrected chi connectivity index (χ3v) is 1.32. The van der Waals surface area contributed by atoms with E-state index in [1.807, 2.05) is 6.92 Å². The molecule has 0 saturated carbocycles. The van der Waals surface area contributed by atoms with Crippen LogP contribution >= 0.6 is 0 Å². The molecule has 0 amide bonds. The van der Waals surface area contributed by atoms with Crippen LogP contribution in [0.3, 0.4) is 0 Å². The van der Waals surface area contributed by atoms with E-state index < -0.39 is 0 Å². The van der Waals surface area contributed by atoms with Gasteiger partial charge >= 0.3 is 0 Å². The molecule has 0 aliphatic rings. The van der Waals surface area contributed by atoms with E-state index in [1.54, 1.807) is 12.2 Å². The molecule has 58 valence electrons. The monoisotopic (exact) mass is 150 g/mol. The molecular weight excluding hydrogens is 140 g/mol. The second-order valence-electron chi connectivity index (χ2n) is 2.15. The van der Waals surface area contributed by atoms with E-state index in [4.69, 9.17) is 10.2 Å². The first-order chi connectivity index (χ1) is 5.24. The van der Waals surface area contributed by atoms with Gasteiger partial charge in [0.25, 0.3) is 0 Å². The Labute approximate surface area is 65.2 Å². The van der Waals surface area contributed by atoms with Gasteiger partial charge in [-0.25, -0.2) is 4.98 Å². The van der Waals surface area contributed by atoms with Crippen LogP contribution < -0.4 is 5.73 Å². The molecule has 0 aliphatic carbocycles. The van der Waals surface area contributed by atoms with Crippen LogP contribution in [0.15, 0.2) is 29.2 Å². The number of oxazole rings is 1. The maximum atomic E-state index is 5.49. The van der Waals surface area contributed by atoms with E-state index in [1.165, 1.54) is 6.39 Å². The van der Waals surface area contributed by atoms with Crippen molar-refractivity contribution < 1.29 is 4.42 Å². The van der Waals surface area contributed by atoms with Gasteiger partial charge in [0.1, 0.15) is 0 Å². The maximum absolute atomic E-state index is 5.49. The topological polar surface area (TPSA) is 52.0 Å². The molecule has 1 aromatic rings. The molecule has 3 nitrogen and oxygen atoms in total. The highest BCUT2D eigenvalue weighted by molar-refractivity contribution is 5.51. The van der Waals surface area contributed by atoms with Crippen molar-refractivity contribution >= 4 is 6.08 Å². The molecule has 0 aromatic carbocycles. The lowest BCUT2D eigenvalue weighted by atomic mass is 10.3. The highest BCUT2D eigenvalue weighted by Crippen LogP contribution is 2.08. The Balaban J connectivity index is 2.94. The van der Waals surface area contributed by atoms with Crippen molar-refractivity contribution in [3.63, 3.8) is 0 Å². The molecule has 0 bridgehead atoms. The van der Waals surface area contributed by atoms with Gasteiger partial charge in [-0.15, -0.1) is 0 Å². The van der Waals surface area contributed by atoms with Crippen molar-refractivity contribution in [1.82, 2.24) is 4.98 Å². The number of aromatic nitrogens is 1. The van der Waals surface area contributed by atoms with Gasteiger partial charge in [0.2, 0.25) is 0 Å². The minimum Gasteiger partial charge on any atom is -0.444 e. The molecule has 0 radical (unpaired) electrons. The molecule has 11 heavy (non-hydrogen) atoms. The van der Waals surface area contributed by atoms with Crippen molar-refractivity contribution in [3.05, 3.63) is 36.2 Å². The van der Waals surface area contributed by atoms with Crippen molar-refractivity contribution in [2.24, 2.45) is 5.73 Å². The molecule has 0 unspecified atom stereocenters. The molecular formula is C8H10N2O. The predicted molar refractivity (Wildman–Crippen MR) is 43.6 cm³/mol. The first-order valence-corrected chi connectivity index (χ1v) is 3.23. The van der Waals surface area contributed by atoms with Crippen LogP contribution in [0.25, 0.3) is 6.08 Å². The van der Waals surface area contributed by atoms with Crippen LogP contribution in [0.5, 0.6) is 0 Å². The van der Waals surface area contributed by atoms with Crippen LogP contribution in [0, 0.1) is 6.92 Å². The fourth-order valence-electron chi connectivity index (χ4n) is 0.660. The Morgan fingerprint density at radius 1 is 1.82 bits per heavy atom. The Morgan fingerprint density at radius 2 is 2.55 bits per heavy atom. The van der Waals surface area contributed by atoms with E-state index in [9.17, 15) is 0 Å². The van der Waals surface area contributed by atoms with Gasteiger partial charge in [-0.2, -0.15) is 0 Å². The molecule has 1 aromatic heterocycles. The fraction of sp³-hybridized carbons (Fsp3) is 0.125. The summed E-state index contributed by atoms with van der Waals surface area (Å²) in [5.74, 6) is 0.683. The summed E-state index contributed by atoms with van der Waals surface area (Å²) in [5, 5.41) is 0. The summed E-state index contributed by atoms with van der Waals surface area (Å²) in [6.45, 7) is 5.37. The maximum Gasteiger partial charge on any atom is 0.181 e. The van der Waals surface area contributed by atoms with E-state index in [0.29, 0.717) is 11.5 Å². The second kappa shape index (κ2) is 3.05. The minimum absolute atomic E-state index is 0.574. The summed E-state index contributed by atoms with van der Waals surface area (Å²) in [5.41, 5.74) is 6.89. The van der Waals surface area contributed by atoms with E-state index >= 15 is 0 Å². The van der Waals surface area contributed by atoms with Crippen molar-refractivity contribution in [3.8, 4) is 0 Å². The van der Waals surface area contributed by atoms with E-state index in [0.717, 1.165) is 5.69 Å². The lowest BCUT2D eigenvalue weighted by Crippen LogP contribution is -1.91. The first kappa shape index (κ1) is 7.60. The summed E-state index contributed by atoms with van der Waals surface area (Å²) in [6, 6.07) is 0. The zero-order valence-corrected chi connectivity index (χ0v) is 6.37. The molecule has 3 heteroatoms. The lowest BCUT2D eigenvalue weighted by molar-refractivity contribution is 0.547. The molecule has 0 atom stereocenters. The van der Waals surface area contributed by atoms with Crippen molar-refractivity contribution in [2.75, 3.05) is 0 Å². The molecule has 0 aliphatic heterocycles. The third kappa shape index (κ3) is 1.70. The van der Waals surface area contributed by atoms with Crippen LogP contribution in [0.2, 0.25) is 0 Å². The number of aryl methyl sites for hydroxylation is 1. The van der Waals surface area contributed by atoms with Gasteiger partial charge in [0.05, 0.1) is 5.69 Å². The number of nitrogens with two attached hydrogens (primary N) is 1. The highest BCUT2D eigenvalue weighted by Gasteiger charge is 1.98. The molecule has 1 rings (SSSR count). The lowest BCUT2D eigenvalue weighted by Gasteiger charge is -1.89. The summed E-state index contributed by atoms with van der Waals surface area (Å²) in [4.78, 5) is 3.90. The van der Waals surface area contributed by atoms with Gasteiger partial charge in [-0.05, 0) is 13.0 Å². The summed E-state index contributed by atoms with van der Waals surface area (Å²) in [7, 11) is 0. The summed E-state index contributed by atoms with van der Waals surface area (Å²) < 4.78 is 5.02. The first-order valence-electron chi connectivity index (χ1n) is 3.23. The van der Waals surface area contributed by atoms with Crippen molar-refractivity contribution in [1.29, 1.82) is 0 Å². The van der Waals surface area contributed by atoms with Crippen LogP contribution in [-0.2, 0) is 0 Å². The fourth-order valence-corrected chi connectivity index (χ4v) is 0.660. The van der Waals surface area contributed by atoms with Crippen LogP contribution in [0.4, 0.5) is 0 Å². The van der Waals surface area contributed by atoms with Gasteiger partial charge in [0.15, 0.2) is 12.2 Å². The Kier molecular flexibility index (Phi) is 2.11. The zero-order valence-electron chi connectivity index (χ0n) is 6.37. The summed E-state index contributed by atoms with van der Waals surface area (Å²) in [6.07, 6.45) is 4.63. The van der Waals surface area contributed by atoms with Gasteiger partial charge in [-0.1, -0.05) is 6.58 Å². The Hall–Kier alpha value is -1.51. The molecule has 0 saturated heterocycles. The SMILES string of the molecule is C=C/C(N)=C\c1ocnc1C. The second-order valence-corrected chi connectivity index (χ2v) is 2.15. The molecule has 2 N–H and O–H groups in total. The van der Waals surface area contributed by atoms with Gasteiger partial charge in [-0.3, -0.25) is 0 Å². The predicted octanol–water partition coefficient (Wildman–Crippen LogP) is 1.47. The van der Waals surface area contributed by atoms with E-state index in [2.05, 4.69) is 11.6 Å². The molecule has 0 spiro atoms. The molecule has 1 heterocycles. The van der Waals surface area contributed by atoms with Crippen LogP contribution in [0.1, 0.15) is 11.5 Å². The Bertz CT molecular complexity index is 286. The normalized spacial score (nSPS) is 11.5. The third-order valence-electron chi connectivity index (χ3n) is 1.32. The zero-order chi connectivity index (χ0) is 8.27. The summed E-state index contributed by atoms with van der Waals surface area (Å²) >= 11 is 0. The number of nitrogens with zero attached hydrogens (tertiary/aromatic N) is 1. The average molecular weight is 150 g/mol. The number of hydrogen-bond acceptors (Lipinski definition) is 3. The largest absolute Gasteiger partial charge is 0.444 e. The smallest absolute Gasteiger partial charge is 0.181 e.